The first-order chi connectivity index (χ1) is 13.4. The maximum atomic E-state index is 12.9. The zero-order valence-electron chi connectivity index (χ0n) is 14.9. The fourth-order valence-corrected chi connectivity index (χ4v) is 3.54. The number of hydrogen-bond acceptors (Lipinski definition) is 2. The van der Waals surface area contributed by atoms with Crippen LogP contribution in [-0.4, -0.2) is 11.7 Å². The van der Waals surface area contributed by atoms with Gasteiger partial charge in [0.25, 0.3) is 0 Å². The molecule has 2 atom stereocenters. The Morgan fingerprint density at radius 2 is 1.59 bits per heavy atom. The number of nitrogens with two attached hydrogens (primary N) is 1. The Kier molecular flexibility index (Phi) is 5.77. The third-order valence-corrected chi connectivity index (χ3v) is 5.02. The highest BCUT2D eigenvalue weighted by atomic mass is 32.1. The first-order valence-electron chi connectivity index (χ1n) is 8.63. The second-order valence-corrected chi connectivity index (χ2v) is 7.23. The van der Waals surface area contributed by atoms with Gasteiger partial charge in [-0.1, -0.05) is 24.3 Å². The SMILES string of the molecule is N[C@@H]1c2ccccc2C[C@H]1CNC(=S)Nc1cc(C(F)(F)F)cc(C(F)(F)F)c1. The topological polar surface area (TPSA) is 50.1 Å². The molecule has 2 aromatic rings. The van der Waals surface area contributed by atoms with Crippen molar-refractivity contribution < 1.29 is 26.3 Å². The first kappa shape index (κ1) is 21.4. The Morgan fingerprint density at radius 3 is 2.14 bits per heavy atom. The molecule has 156 valence electrons. The van der Waals surface area contributed by atoms with Crippen LogP contribution in [0.2, 0.25) is 0 Å². The van der Waals surface area contributed by atoms with E-state index < -0.39 is 29.2 Å². The Bertz CT molecular complexity index is 877. The molecule has 0 heterocycles. The van der Waals surface area contributed by atoms with Gasteiger partial charge in [-0.25, -0.2) is 0 Å². The van der Waals surface area contributed by atoms with Crippen molar-refractivity contribution in [2.75, 3.05) is 11.9 Å². The van der Waals surface area contributed by atoms with Crippen LogP contribution in [0.25, 0.3) is 0 Å². The van der Waals surface area contributed by atoms with E-state index in [0.717, 1.165) is 11.1 Å². The monoisotopic (exact) mass is 433 g/mol. The zero-order valence-corrected chi connectivity index (χ0v) is 15.7. The maximum absolute atomic E-state index is 12.9. The van der Waals surface area contributed by atoms with E-state index in [1.165, 1.54) is 0 Å². The standard InChI is InChI=1S/C19H17F6N3S/c20-18(21,22)12-6-13(19(23,24)25)8-14(7-12)28-17(29)27-9-11-5-10-3-1-2-4-15(10)16(11)26/h1-4,6-8,11,16H,5,9,26H2,(H2,27,28,29)/t11-,16-/m0/s1. The highest BCUT2D eigenvalue weighted by molar-refractivity contribution is 7.80. The highest BCUT2D eigenvalue weighted by Gasteiger charge is 2.37. The molecule has 1 aliphatic carbocycles. The van der Waals surface area contributed by atoms with E-state index >= 15 is 0 Å². The van der Waals surface area contributed by atoms with Gasteiger partial charge in [-0.05, 0) is 53.9 Å². The van der Waals surface area contributed by atoms with Gasteiger partial charge in [-0.15, -0.1) is 0 Å². The summed E-state index contributed by atoms with van der Waals surface area (Å²) in [6.45, 7) is 0.326. The number of fused-ring (bicyclic) bond motifs is 1. The molecule has 0 saturated carbocycles. The lowest BCUT2D eigenvalue weighted by Crippen LogP contribution is -2.35. The van der Waals surface area contributed by atoms with Crippen LogP contribution in [0.3, 0.4) is 0 Å². The van der Waals surface area contributed by atoms with Crippen LogP contribution >= 0.6 is 12.2 Å². The number of benzene rings is 2. The number of halogens is 6. The van der Waals surface area contributed by atoms with Crippen molar-refractivity contribution in [2.24, 2.45) is 11.7 Å². The molecule has 0 bridgehead atoms. The molecular formula is C19H17F6N3S. The molecule has 0 saturated heterocycles. The lowest BCUT2D eigenvalue weighted by molar-refractivity contribution is -0.143. The Hall–Kier alpha value is -2.33. The van der Waals surface area contributed by atoms with E-state index in [2.05, 4.69) is 10.6 Å². The number of hydrogen-bond donors (Lipinski definition) is 3. The molecule has 2 aromatic carbocycles. The summed E-state index contributed by atoms with van der Waals surface area (Å²) in [4.78, 5) is 0. The molecule has 0 spiro atoms. The third-order valence-electron chi connectivity index (χ3n) is 4.77. The van der Waals surface area contributed by atoms with Crippen molar-refractivity contribution in [3.05, 3.63) is 64.7 Å². The predicted molar refractivity (Wildman–Crippen MR) is 101 cm³/mol. The lowest BCUT2D eigenvalue weighted by atomic mass is 10.0. The van der Waals surface area contributed by atoms with Crippen molar-refractivity contribution >= 4 is 23.0 Å². The van der Waals surface area contributed by atoms with Crippen molar-refractivity contribution in [1.82, 2.24) is 5.32 Å². The van der Waals surface area contributed by atoms with Gasteiger partial charge >= 0.3 is 12.4 Å². The van der Waals surface area contributed by atoms with Gasteiger partial charge in [0.05, 0.1) is 11.1 Å². The number of rotatable bonds is 3. The maximum Gasteiger partial charge on any atom is 0.416 e. The van der Waals surface area contributed by atoms with Crippen molar-refractivity contribution in [3.8, 4) is 0 Å². The fraction of sp³-hybridized carbons (Fsp3) is 0.316. The smallest absolute Gasteiger partial charge is 0.362 e. The predicted octanol–water partition coefficient (Wildman–Crippen LogP) is 4.88. The van der Waals surface area contributed by atoms with Crippen LogP contribution in [0.1, 0.15) is 28.3 Å². The Balaban J connectivity index is 1.68. The molecule has 0 aliphatic heterocycles. The van der Waals surface area contributed by atoms with Crippen LogP contribution in [0.5, 0.6) is 0 Å². The quantitative estimate of drug-likeness (QED) is 0.477. The van der Waals surface area contributed by atoms with E-state index in [0.29, 0.717) is 25.1 Å². The molecule has 3 nitrogen and oxygen atoms in total. The van der Waals surface area contributed by atoms with E-state index in [9.17, 15) is 26.3 Å². The van der Waals surface area contributed by atoms with Crippen molar-refractivity contribution in [3.63, 3.8) is 0 Å². The van der Waals surface area contributed by atoms with Gasteiger partial charge in [0.2, 0.25) is 0 Å². The van der Waals surface area contributed by atoms with Crippen molar-refractivity contribution in [2.45, 2.75) is 24.8 Å². The summed E-state index contributed by atoms with van der Waals surface area (Å²) < 4.78 is 77.6. The second kappa shape index (κ2) is 7.83. The van der Waals surface area contributed by atoms with Crippen LogP contribution in [0.4, 0.5) is 32.0 Å². The fourth-order valence-electron chi connectivity index (χ4n) is 3.33. The molecule has 10 heteroatoms. The summed E-state index contributed by atoms with van der Waals surface area (Å²) in [5, 5.41) is 5.16. The number of alkyl halides is 6. The van der Waals surface area contributed by atoms with Gasteiger partial charge in [0.15, 0.2) is 5.11 Å². The van der Waals surface area contributed by atoms with Gasteiger partial charge in [-0.2, -0.15) is 26.3 Å². The lowest BCUT2D eigenvalue weighted by Gasteiger charge is -2.19. The minimum atomic E-state index is -4.92. The van der Waals surface area contributed by atoms with Crippen LogP contribution in [0.15, 0.2) is 42.5 Å². The van der Waals surface area contributed by atoms with E-state index in [1.54, 1.807) is 0 Å². The molecule has 0 aromatic heterocycles. The summed E-state index contributed by atoms with van der Waals surface area (Å²) in [5.41, 5.74) is 5.12. The largest absolute Gasteiger partial charge is 0.416 e. The molecule has 3 rings (SSSR count). The summed E-state index contributed by atoms with van der Waals surface area (Å²) in [7, 11) is 0. The third kappa shape index (κ3) is 4.99. The van der Waals surface area contributed by atoms with E-state index in [-0.39, 0.29) is 23.1 Å². The number of thiocarbonyl (C=S) groups is 1. The molecule has 0 unspecified atom stereocenters. The normalized spacial score (nSPS) is 19.0. The minimum Gasteiger partial charge on any atom is -0.362 e. The Morgan fingerprint density at radius 1 is 1.00 bits per heavy atom. The number of anilines is 1. The van der Waals surface area contributed by atoms with Crippen LogP contribution in [0, 0.1) is 5.92 Å². The van der Waals surface area contributed by atoms with Gasteiger partial charge in [0, 0.05) is 18.3 Å². The summed E-state index contributed by atoms with van der Waals surface area (Å²) in [6.07, 6.45) is -9.14. The number of nitrogens with one attached hydrogen (secondary N) is 2. The van der Waals surface area contributed by atoms with Crippen LogP contribution < -0.4 is 16.4 Å². The molecular weight excluding hydrogens is 416 g/mol. The molecule has 4 N–H and O–H groups in total. The van der Waals surface area contributed by atoms with Gasteiger partial charge in [0.1, 0.15) is 0 Å². The average molecular weight is 433 g/mol. The van der Waals surface area contributed by atoms with Gasteiger partial charge in [-0.3, -0.25) is 0 Å². The summed E-state index contributed by atoms with van der Waals surface area (Å²) in [5.74, 6) is -0.000560. The molecule has 29 heavy (non-hydrogen) atoms. The van der Waals surface area contributed by atoms with Gasteiger partial charge < -0.3 is 16.4 Å². The average Bonchev–Trinajstić information content (AvgIpc) is 2.94. The Labute approximate surface area is 168 Å². The first-order valence-corrected chi connectivity index (χ1v) is 9.03. The molecule has 0 fully saturated rings. The van der Waals surface area contributed by atoms with Crippen molar-refractivity contribution in [1.29, 1.82) is 0 Å². The minimum absolute atomic E-state index is 0.000560. The molecule has 0 amide bonds. The van der Waals surface area contributed by atoms with Crippen LogP contribution in [-0.2, 0) is 18.8 Å². The van der Waals surface area contributed by atoms with E-state index in [4.69, 9.17) is 18.0 Å². The molecule has 1 aliphatic rings. The zero-order chi connectivity index (χ0) is 21.4. The van der Waals surface area contributed by atoms with E-state index in [1.807, 2.05) is 24.3 Å². The second-order valence-electron chi connectivity index (χ2n) is 6.82. The highest BCUT2D eigenvalue weighted by Crippen LogP contribution is 2.37. The summed E-state index contributed by atoms with van der Waals surface area (Å²) >= 11 is 5.04. The summed E-state index contributed by atoms with van der Waals surface area (Å²) in [6, 6.07) is 8.68. The molecule has 0 radical (unpaired) electrons.